The molecule has 0 radical (unpaired) electrons. The lowest BCUT2D eigenvalue weighted by molar-refractivity contribution is 0.0564. The van der Waals surface area contributed by atoms with Gasteiger partial charge in [0.05, 0.1) is 6.10 Å². The summed E-state index contributed by atoms with van der Waals surface area (Å²) in [5.41, 5.74) is 0.858. The summed E-state index contributed by atoms with van der Waals surface area (Å²) in [4.78, 5) is 14.0. The summed E-state index contributed by atoms with van der Waals surface area (Å²) >= 11 is 0. The molecule has 4 nitrogen and oxygen atoms in total. The summed E-state index contributed by atoms with van der Waals surface area (Å²) in [7, 11) is 1.78. The molecule has 2 amide bonds. The lowest BCUT2D eigenvalue weighted by atomic mass is 9.86. The topological polar surface area (TPSA) is 52.6 Å². The molecule has 2 fully saturated rings. The maximum Gasteiger partial charge on any atom is 0.317 e. The van der Waals surface area contributed by atoms with E-state index in [9.17, 15) is 14.3 Å². The number of halogens is 1. The highest BCUT2D eigenvalue weighted by atomic mass is 19.1. The van der Waals surface area contributed by atoms with Crippen LogP contribution in [-0.4, -0.2) is 42.3 Å². The number of nitrogens with zero attached hydrogens (tertiary/aromatic N) is 1. The van der Waals surface area contributed by atoms with Crippen molar-refractivity contribution >= 4 is 6.03 Å². The Bertz CT molecular complexity index is 588. The highest BCUT2D eigenvalue weighted by Gasteiger charge is 2.44. The minimum atomic E-state index is -0.295. The first-order valence-corrected chi connectivity index (χ1v) is 8.93. The summed E-state index contributed by atoms with van der Waals surface area (Å²) in [6.45, 7) is 1.12. The SMILES string of the molecule is CN(CC1CCCCC1O)C(=O)NCC1(c2cccc(F)c2)CC1. The number of benzene rings is 1. The van der Waals surface area contributed by atoms with Gasteiger partial charge in [0.1, 0.15) is 5.82 Å². The van der Waals surface area contributed by atoms with Gasteiger partial charge < -0.3 is 15.3 Å². The fourth-order valence-corrected chi connectivity index (χ4v) is 3.75. The molecule has 5 heteroatoms. The molecule has 1 aromatic rings. The number of carbonyl (C=O) groups is 1. The van der Waals surface area contributed by atoms with Crippen molar-refractivity contribution in [2.24, 2.45) is 5.92 Å². The smallest absolute Gasteiger partial charge is 0.317 e. The highest BCUT2D eigenvalue weighted by Crippen LogP contribution is 2.47. The number of rotatable bonds is 5. The number of amides is 2. The number of urea groups is 1. The van der Waals surface area contributed by atoms with Crippen molar-refractivity contribution in [3.05, 3.63) is 35.6 Å². The molecule has 1 aromatic carbocycles. The van der Waals surface area contributed by atoms with Crippen LogP contribution in [0.25, 0.3) is 0 Å². The maximum atomic E-state index is 13.4. The van der Waals surface area contributed by atoms with Crippen LogP contribution in [0.1, 0.15) is 44.1 Å². The van der Waals surface area contributed by atoms with E-state index in [0.717, 1.165) is 44.1 Å². The molecule has 2 aliphatic carbocycles. The zero-order chi connectivity index (χ0) is 17.2. The Morgan fingerprint density at radius 1 is 1.38 bits per heavy atom. The average Bonchev–Trinajstić information content (AvgIpc) is 3.36. The van der Waals surface area contributed by atoms with Crippen LogP contribution in [0.15, 0.2) is 24.3 Å². The normalized spacial score (nSPS) is 25.1. The third kappa shape index (κ3) is 3.89. The first-order chi connectivity index (χ1) is 11.5. The summed E-state index contributed by atoms with van der Waals surface area (Å²) in [6.07, 6.45) is 5.67. The van der Waals surface area contributed by atoms with Crippen LogP contribution in [0.3, 0.4) is 0 Å². The lowest BCUT2D eigenvalue weighted by Gasteiger charge is -2.31. The van der Waals surface area contributed by atoms with E-state index in [-0.39, 0.29) is 29.3 Å². The Kier molecular flexibility index (Phi) is 5.09. The molecular weight excluding hydrogens is 307 g/mol. The zero-order valence-corrected chi connectivity index (χ0v) is 14.3. The van der Waals surface area contributed by atoms with E-state index in [1.807, 2.05) is 6.07 Å². The van der Waals surface area contributed by atoms with Gasteiger partial charge in [0.25, 0.3) is 0 Å². The van der Waals surface area contributed by atoms with Crippen LogP contribution in [-0.2, 0) is 5.41 Å². The van der Waals surface area contributed by atoms with Crippen LogP contribution in [0, 0.1) is 11.7 Å². The van der Waals surface area contributed by atoms with Gasteiger partial charge >= 0.3 is 6.03 Å². The fourth-order valence-electron chi connectivity index (χ4n) is 3.75. The molecule has 24 heavy (non-hydrogen) atoms. The van der Waals surface area contributed by atoms with Gasteiger partial charge in [-0.25, -0.2) is 9.18 Å². The predicted molar refractivity (Wildman–Crippen MR) is 91.3 cm³/mol. The van der Waals surface area contributed by atoms with E-state index >= 15 is 0 Å². The zero-order valence-electron chi connectivity index (χ0n) is 14.3. The van der Waals surface area contributed by atoms with Gasteiger partial charge in [-0.15, -0.1) is 0 Å². The Labute approximate surface area is 143 Å². The van der Waals surface area contributed by atoms with Gasteiger partial charge in [0.2, 0.25) is 0 Å². The second-order valence-electron chi connectivity index (χ2n) is 7.44. The first kappa shape index (κ1) is 17.2. The molecule has 2 atom stereocenters. The minimum absolute atomic E-state index is 0.108. The van der Waals surface area contributed by atoms with Crippen molar-refractivity contribution in [1.82, 2.24) is 10.2 Å². The van der Waals surface area contributed by atoms with Crippen LogP contribution < -0.4 is 5.32 Å². The van der Waals surface area contributed by atoms with E-state index < -0.39 is 0 Å². The van der Waals surface area contributed by atoms with E-state index in [2.05, 4.69) is 5.32 Å². The Morgan fingerprint density at radius 3 is 2.79 bits per heavy atom. The van der Waals surface area contributed by atoms with Crippen LogP contribution in [0.4, 0.5) is 9.18 Å². The molecule has 0 aromatic heterocycles. The van der Waals surface area contributed by atoms with Crippen molar-refractivity contribution in [3.8, 4) is 0 Å². The molecule has 0 heterocycles. The third-order valence-corrected chi connectivity index (χ3v) is 5.59. The number of hydrogen-bond donors (Lipinski definition) is 2. The molecule has 0 aliphatic heterocycles. The summed E-state index contributed by atoms with van der Waals surface area (Å²) in [6, 6.07) is 6.56. The molecule has 2 N–H and O–H groups in total. The maximum absolute atomic E-state index is 13.4. The average molecular weight is 334 g/mol. The Balaban J connectivity index is 1.51. The van der Waals surface area contributed by atoms with Gasteiger partial charge in [-0.3, -0.25) is 0 Å². The molecule has 2 aliphatic rings. The van der Waals surface area contributed by atoms with Gasteiger partial charge in [-0.05, 0) is 43.4 Å². The summed E-state index contributed by atoms with van der Waals surface area (Å²) < 4.78 is 13.4. The van der Waals surface area contributed by atoms with Crippen LogP contribution in [0.2, 0.25) is 0 Å². The number of carbonyl (C=O) groups excluding carboxylic acids is 1. The van der Waals surface area contributed by atoms with Gasteiger partial charge in [0.15, 0.2) is 0 Å². The second-order valence-corrected chi connectivity index (χ2v) is 7.44. The molecule has 2 saturated carbocycles. The lowest BCUT2D eigenvalue weighted by Crippen LogP contribution is -2.44. The van der Waals surface area contributed by atoms with Crippen LogP contribution >= 0.6 is 0 Å². The van der Waals surface area contributed by atoms with E-state index in [4.69, 9.17) is 0 Å². The van der Waals surface area contributed by atoms with E-state index in [1.54, 1.807) is 24.1 Å². The van der Waals surface area contributed by atoms with Crippen LogP contribution in [0.5, 0.6) is 0 Å². The van der Waals surface area contributed by atoms with E-state index in [1.165, 1.54) is 6.07 Å². The van der Waals surface area contributed by atoms with Crippen molar-refractivity contribution in [3.63, 3.8) is 0 Å². The first-order valence-electron chi connectivity index (χ1n) is 8.93. The van der Waals surface area contributed by atoms with E-state index in [0.29, 0.717) is 13.1 Å². The standard InChI is InChI=1S/C19H27FN2O2/c1-22(12-14-5-2-3-8-17(14)23)18(24)21-13-19(9-10-19)15-6-4-7-16(20)11-15/h4,6-7,11,14,17,23H,2-3,5,8-10,12-13H2,1H3,(H,21,24). The quantitative estimate of drug-likeness (QED) is 0.869. The number of nitrogens with one attached hydrogen (secondary N) is 1. The molecule has 2 unspecified atom stereocenters. The molecule has 0 saturated heterocycles. The molecule has 0 bridgehead atoms. The number of hydrogen-bond acceptors (Lipinski definition) is 2. The number of aliphatic hydroxyl groups excluding tert-OH is 1. The molecule has 3 rings (SSSR count). The molecular formula is C19H27FN2O2. The molecule has 132 valence electrons. The van der Waals surface area contributed by atoms with Gasteiger partial charge in [0, 0.05) is 31.5 Å². The monoisotopic (exact) mass is 334 g/mol. The summed E-state index contributed by atoms with van der Waals surface area (Å²) in [5.74, 6) is -0.0545. The predicted octanol–water partition coefficient (Wildman–Crippen LogP) is 3.05. The molecule has 0 spiro atoms. The van der Waals surface area contributed by atoms with Gasteiger partial charge in [-0.1, -0.05) is 25.0 Å². The van der Waals surface area contributed by atoms with Crippen molar-refractivity contribution < 1.29 is 14.3 Å². The van der Waals surface area contributed by atoms with Crippen molar-refractivity contribution in [1.29, 1.82) is 0 Å². The van der Waals surface area contributed by atoms with Crippen molar-refractivity contribution in [2.75, 3.05) is 20.1 Å². The largest absolute Gasteiger partial charge is 0.393 e. The Hall–Kier alpha value is -1.62. The van der Waals surface area contributed by atoms with Gasteiger partial charge in [-0.2, -0.15) is 0 Å². The van der Waals surface area contributed by atoms with Crippen molar-refractivity contribution in [2.45, 2.75) is 50.0 Å². The Morgan fingerprint density at radius 2 is 2.12 bits per heavy atom. The fraction of sp³-hybridized carbons (Fsp3) is 0.632. The second kappa shape index (κ2) is 7.09. The summed E-state index contributed by atoms with van der Waals surface area (Å²) in [5, 5.41) is 13.0. The third-order valence-electron chi connectivity index (χ3n) is 5.59. The minimum Gasteiger partial charge on any atom is -0.393 e. The number of aliphatic hydroxyl groups is 1. The highest BCUT2D eigenvalue weighted by molar-refractivity contribution is 5.74.